The summed E-state index contributed by atoms with van der Waals surface area (Å²) in [6.45, 7) is 0.864. The molecule has 0 saturated heterocycles. The van der Waals surface area contributed by atoms with E-state index in [9.17, 15) is 4.79 Å². The molecule has 1 heterocycles. The summed E-state index contributed by atoms with van der Waals surface area (Å²) < 4.78 is 11.9. The molecule has 2 aromatic carbocycles. The number of hydrogen-bond acceptors (Lipinski definition) is 3. The number of amides is 2. The molecule has 0 aliphatic carbocycles. The summed E-state index contributed by atoms with van der Waals surface area (Å²) in [6, 6.07) is 13.3. The van der Waals surface area contributed by atoms with Gasteiger partial charge in [0.1, 0.15) is 18.1 Å². The van der Waals surface area contributed by atoms with Crippen molar-refractivity contribution in [2.75, 3.05) is 13.7 Å². The Balaban J connectivity index is 1.54. The number of carbonyl (C=O) groups is 1. The summed E-state index contributed by atoms with van der Waals surface area (Å²) in [5, 5.41) is 5.82. The van der Waals surface area contributed by atoms with Crippen LogP contribution in [0.4, 0.5) is 4.79 Å². The number of methoxy groups -OCH3 is 1. The molecule has 24 heavy (non-hydrogen) atoms. The molecular weight excluding hydrogens is 372 g/mol. The number of urea groups is 1. The zero-order valence-electron chi connectivity index (χ0n) is 13.3. The first-order valence-electron chi connectivity index (χ1n) is 7.73. The largest absolute Gasteiger partial charge is 0.496 e. The van der Waals surface area contributed by atoms with Gasteiger partial charge < -0.3 is 20.1 Å². The van der Waals surface area contributed by atoms with E-state index in [1.807, 2.05) is 42.5 Å². The fraction of sp³-hybridized carbons (Fsp3) is 0.278. The van der Waals surface area contributed by atoms with Crippen molar-refractivity contribution in [2.24, 2.45) is 0 Å². The number of nitrogens with one attached hydrogen (secondary N) is 2. The van der Waals surface area contributed by atoms with Gasteiger partial charge in [0, 0.05) is 16.6 Å². The molecule has 1 atom stereocenters. The lowest BCUT2D eigenvalue weighted by molar-refractivity contribution is 0.214. The maximum absolute atomic E-state index is 12.2. The quantitative estimate of drug-likeness (QED) is 0.841. The monoisotopic (exact) mass is 390 g/mol. The second-order valence-corrected chi connectivity index (χ2v) is 6.52. The third-order valence-electron chi connectivity index (χ3n) is 3.90. The van der Waals surface area contributed by atoms with Crippen LogP contribution >= 0.6 is 15.9 Å². The first kappa shape index (κ1) is 16.6. The fourth-order valence-electron chi connectivity index (χ4n) is 2.72. The van der Waals surface area contributed by atoms with Gasteiger partial charge in [-0.2, -0.15) is 0 Å². The molecule has 0 fully saturated rings. The van der Waals surface area contributed by atoms with Crippen LogP contribution < -0.4 is 20.1 Å². The highest BCUT2D eigenvalue weighted by Gasteiger charge is 2.21. The molecule has 6 heteroatoms. The van der Waals surface area contributed by atoms with Gasteiger partial charge in [-0.15, -0.1) is 0 Å². The molecule has 0 aromatic heterocycles. The van der Waals surface area contributed by atoms with E-state index in [1.165, 1.54) is 0 Å². The van der Waals surface area contributed by atoms with Gasteiger partial charge in [-0.3, -0.25) is 0 Å². The molecule has 126 valence electrons. The lowest BCUT2D eigenvalue weighted by Crippen LogP contribution is -2.47. The van der Waals surface area contributed by atoms with E-state index in [1.54, 1.807) is 7.11 Å². The maximum atomic E-state index is 12.2. The number of hydrogen-bond donors (Lipinski definition) is 2. The van der Waals surface area contributed by atoms with Crippen molar-refractivity contribution in [3.8, 4) is 11.5 Å². The highest BCUT2D eigenvalue weighted by molar-refractivity contribution is 9.10. The SMILES string of the molecule is COc1ccc(Br)cc1CNC(=O)N[C@@H]1COc2ccccc2C1. The molecule has 1 aliphatic rings. The van der Waals surface area contributed by atoms with E-state index < -0.39 is 0 Å². The molecule has 5 nitrogen and oxygen atoms in total. The predicted molar refractivity (Wildman–Crippen MR) is 95.5 cm³/mol. The molecule has 3 rings (SSSR count). The van der Waals surface area contributed by atoms with Crippen LogP contribution in [0.25, 0.3) is 0 Å². The van der Waals surface area contributed by atoms with Crippen LogP contribution in [0.3, 0.4) is 0 Å². The molecule has 2 amide bonds. The average molecular weight is 391 g/mol. The van der Waals surface area contributed by atoms with Crippen molar-refractivity contribution in [1.29, 1.82) is 0 Å². The smallest absolute Gasteiger partial charge is 0.315 e. The van der Waals surface area contributed by atoms with E-state index in [0.717, 1.165) is 33.5 Å². The minimum absolute atomic E-state index is 0.0377. The van der Waals surface area contributed by atoms with Crippen molar-refractivity contribution < 1.29 is 14.3 Å². The minimum Gasteiger partial charge on any atom is -0.496 e. The normalized spacial score (nSPS) is 15.8. The third kappa shape index (κ3) is 4.00. The summed E-state index contributed by atoms with van der Waals surface area (Å²) in [7, 11) is 1.61. The Labute approximate surface area is 149 Å². The van der Waals surface area contributed by atoms with Gasteiger partial charge in [-0.1, -0.05) is 34.1 Å². The fourth-order valence-corrected chi connectivity index (χ4v) is 3.13. The lowest BCUT2D eigenvalue weighted by Gasteiger charge is -2.26. The Morgan fingerprint density at radius 2 is 2.17 bits per heavy atom. The summed E-state index contributed by atoms with van der Waals surface area (Å²) in [6.07, 6.45) is 0.768. The van der Waals surface area contributed by atoms with Crippen molar-refractivity contribution in [3.05, 3.63) is 58.1 Å². The van der Waals surface area contributed by atoms with E-state index in [2.05, 4.69) is 26.6 Å². The van der Waals surface area contributed by atoms with E-state index >= 15 is 0 Å². The minimum atomic E-state index is -0.218. The molecule has 2 N–H and O–H groups in total. The highest BCUT2D eigenvalue weighted by atomic mass is 79.9. The first-order chi connectivity index (χ1) is 11.7. The second-order valence-electron chi connectivity index (χ2n) is 5.60. The molecule has 0 bridgehead atoms. The number of para-hydroxylation sites is 1. The van der Waals surface area contributed by atoms with Gasteiger partial charge in [0.05, 0.1) is 13.2 Å². The Hall–Kier alpha value is -2.21. The number of rotatable bonds is 4. The van der Waals surface area contributed by atoms with Crippen molar-refractivity contribution in [3.63, 3.8) is 0 Å². The van der Waals surface area contributed by atoms with Gasteiger partial charge in [-0.25, -0.2) is 4.79 Å². The topological polar surface area (TPSA) is 59.6 Å². The number of ether oxygens (including phenoxy) is 2. The number of carbonyl (C=O) groups excluding carboxylic acids is 1. The van der Waals surface area contributed by atoms with Crippen LogP contribution in [0, 0.1) is 0 Å². The van der Waals surface area contributed by atoms with Gasteiger partial charge >= 0.3 is 6.03 Å². The first-order valence-corrected chi connectivity index (χ1v) is 8.52. The summed E-state index contributed by atoms with van der Waals surface area (Å²) >= 11 is 3.43. The van der Waals surface area contributed by atoms with Gasteiger partial charge in [0.25, 0.3) is 0 Å². The number of fused-ring (bicyclic) bond motifs is 1. The van der Waals surface area contributed by atoms with Crippen LogP contribution in [0.2, 0.25) is 0 Å². The predicted octanol–water partition coefficient (Wildman–Crippen LogP) is 3.26. The zero-order valence-corrected chi connectivity index (χ0v) is 14.9. The van der Waals surface area contributed by atoms with Crippen LogP contribution in [-0.2, 0) is 13.0 Å². The second kappa shape index (κ2) is 7.57. The Kier molecular flexibility index (Phi) is 5.25. The lowest BCUT2D eigenvalue weighted by atomic mass is 10.0. The van der Waals surface area contributed by atoms with Crippen molar-refractivity contribution in [1.82, 2.24) is 10.6 Å². The van der Waals surface area contributed by atoms with Crippen LogP contribution in [0.1, 0.15) is 11.1 Å². The molecule has 0 saturated carbocycles. The molecule has 1 aliphatic heterocycles. The zero-order chi connectivity index (χ0) is 16.9. The molecular formula is C18H19BrN2O3. The van der Waals surface area contributed by atoms with Gasteiger partial charge in [0.15, 0.2) is 0 Å². The standard InChI is InChI=1S/C18H19BrN2O3/c1-23-16-7-6-14(19)8-13(16)10-20-18(22)21-15-9-12-4-2-3-5-17(12)24-11-15/h2-8,15H,9-11H2,1H3,(H2,20,21,22)/t15-/m0/s1. The Morgan fingerprint density at radius 3 is 3.00 bits per heavy atom. The Morgan fingerprint density at radius 1 is 1.33 bits per heavy atom. The van der Waals surface area contributed by atoms with Crippen molar-refractivity contribution in [2.45, 2.75) is 19.0 Å². The number of benzene rings is 2. The van der Waals surface area contributed by atoms with Gasteiger partial charge in [0.2, 0.25) is 0 Å². The molecule has 0 spiro atoms. The van der Waals surface area contributed by atoms with Crippen LogP contribution in [0.15, 0.2) is 46.9 Å². The molecule has 2 aromatic rings. The molecule has 0 radical (unpaired) electrons. The summed E-state index contributed by atoms with van der Waals surface area (Å²) in [4.78, 5) is 12.2. The van der Waals surface area contributed by atoms with Crippen LogP contribution in [0.5, 0.6) is 11.5 Å². The van der Waals surface area contributed by atoms with Crippen LogP contribution in [-0.4, -0.2) is 25.8 Å². The number of halogens is 1. The van der Waals surface area contributed by atoms with E-state index in [0.29, 0.717) is 13.2 Å². The summed E-state index contributed by atoms with van der Waals surface area (Å²) in [5.41, 5.74) is 2.02. The van der Waals surface area contributed by atoms with Crippen molar-refractivity contribution >= 4 is 22.0 Å². The Bertz CT molecular complexity index is 736. The van der Waals surface area contributed by atoms with E-state index in [-0.39, 0.29) is 12.1 Å². The average Bonchev–Trinajstić information content (AvgIpc) is 2.60. The maximum Gasteiger partial charge on any atom is 0.315 e. The highest BCUT2D eigenvalue weighted by Crippen LogP contribution is 2.24. The third-order valence-corrected chi connectivity index (χ3v) is 4.39. The van der Waals surface area contributed by atoms with E-state index in [4.69, 9.17) is 9.47 Å². The van der Waals surface area contributed by atoms with Gasteiger partial charge in [-0.05, 0) is 36.2 Å². The summed E-state index contributed by atoms with van der Waals surface area (Å²) in [5.74, 6) is 1.64. The molecule has 0 unspecified atom stereocenters.